The van der Waals surface area contributed by atoms with E-state index in [1.165, 1.54) is 0 Å². The molecular formula is C16H21BrN2O3. The van der Waals surface area contributed by atoms with Crippen LogP contribution in [-0.2, 0) is 4.79 Å². The van der Waals surface area contributed by atoms with Crippen LogP contribution in [-0.4, -0.2) is 26.3 Å². The maximum Gasteiger partial charge on any atom is 0.261 e. The minimum Gasteiger partial charge on any atom is -0.494 e. The normalized spacial score (nSPS) is 17.8. The zero-order valence-electron chi connectivity index (χ0n) is 13.1. The number of ether oxygens (including phenoxy) is 2. The lowest BCUT2D eigenvalue weighted by Crippen LogP contribution is -2.50. The average Bonchev–Trinajstić information content (AvgIpc) is 2.54. The molecular weight excluding hydrogens is 348 g/mol. The molecule has 6 heteroatoms. The molecule has 1 N–H and O–H groups in total. The number of carbonyl (C=O) groups is 1. The van der Waals surface area contributed by atoms with Crippen molar-refractivity contribution in [2.45, 2.75) is 32.4 Å². The fraction of sp³-hybridized carbons (Fsp3) is 0.438. The predicted molar refractivity (Wildman–Crippen MR) is 90.5 cm³/mol. The van der Waals surface area contributed by atoms with Gasteiger partial charge in [-0.25, -0.2) is 0 Å². The van der Waals surface area contributed by atoms with E-state index in [0.29, 0.717) is 16.0 Å². The van der Waals surface area contributed by atoms with Crippen LogP contribution < -0.4 is 19.7 Å². The molecule has 0 aromatic heterocycles. The molecule has 0 saturated heterocycles. The van der Waals surface area contributed by atoms with Gasteiger partial charge in [-0.05, 0) is 40.9 Å². The molecule has 1 aromatic rings. The Hall–Kier alpha value is -1.69. The molecule has 1 heterocycles. The van der Waals surface area contributed by atoms with Crippen molar-refractivity contribution in [3.05, 3.63) is 28.9 Å². The summed E-state index contributed by atoms with van der Waals surface area (Å²) in [5, 5.41) is 3.01. The maximum atomic E-state index is 11.9. The molecule has 0 radical (unpaired) electrons. The van der Waals surface area contributed by atoms with E-state index in [4.69, 9.17) is 9.47 Å². The van der Waals surface area contributed by atoms with Crippen LogP contribution in [0.1, 0.15) is 26.2 Å². The SMILES string of the molecule is CCCCC1NC(=O)C(Br)=CN1c1c(OC)cccc1OC. The third-order valence-corrected chi connectivity index (χ3v) is 4.16. The molecule has 0 spiro atoms. The van der Waals surface area contributed by atoms with Crippen molar-refractivity contribution in [3.8, 4) is 11.5 Å². The Kier molecular flexibility index (Phi) is 5.71. The first-order chi connectivity index (χ1) is 10.6. The van der Waals surface area contributed by atoms with Crippen LogP contribution in [0, 0.1) is 0 Å². The van der Waals surface area contributed by atoms with Crippen molar-refractivity contribution in [1.82, 2.24) is 5.32 Å². The Morgan fingerprint density at radius 3 is 2.45 bits per heavy atom. The van der Waals surface area contributed by atoms with E-state index in [9.17, 15) is 4.79 Å². The zero-order chi connectivity index (χ0) is 16.1. The van der Waals surface area contributed by atoms with E-state index < -0.39 is 0 Å². The molecule has 1 amide bonds. The van der Waals surface area contributed by atoms with Crippen molar-refractivity contribution in [1.29, 1.82) is 0 Å². The highest BCUT2D eigenvalue weighted by atomic mass is 79.9. The van der Waals surface area contributed by atoms with Crippen LogP contribution in [0.15, 0.2) is 28.9 Å². The minimum atomic E-state index is -0.126. The number of hydrogen-bond acceptors (Lipinski definition) is 4. The van der Waals surface area contributed by atoms with Gasteiger partial charge < -0.3 is 19.7 Å². The number of nitrogens with zero attached hydrogens (tertiary/aromatic N) is 1. The third kappa shape index (κ3) is 3.38. The number of carbonyl (C=O) groups excluding carboxylic acids is 1. The van der Waals surface area contributed by atoms with Gasteiger partial charge in [-0.1, -0.05) is 19.4 Å². The first kappa shape index (κ1) is 16.7. The van der Waals surface area contributed by atoms with Crippen LogP contribution in [0.25, 0.3) is 0 Å². The summed E-state index contributed by atoms with van der Waals surface area (Å²) in [6.45, 7) is 2.13. The third-order valence-electron chi connectivity index (χ3n) is 3.59. The molecule has 1 aliphatic heterocycles. The number of hydrogen-bond donors (Lipinski definition) is 1. The topological polar surface area (TPSA) is 50.8 Å². The van der Waals surface area contributed by atoms with Crippen molar-refractivity contribution in [3.63, 3.8) is 0 Å². The van der Waals surface area contributed by atoms with Crippen molar-refractivity contribution in [2.75, 3.05) is 19.1 Å². The molecule has 0 bridgehead atoms. The van der Waals surface area contributed by atoms with Gasteiger partial charge in [0.15, 0.2) is 0 Å². The van der Waals surface area contributed by atoms with Gasteiger partial charge in [-0.15, -0.1) is 0 Å². The summed E-state index contributed by atoms with van der Waals surface area (Å²) in [7, 11) is 3.25. The van der Waals surface area contributed by atoms with Gasteiger partial charge in [-0.2, -0.15) is 0 Å². The van der Waals surface area contributed by atoms with Gasteiger partial charge in [0, 0.05) is 6.20 Å². The molecule has 0 saturated carbocycles. The van der Waals surface area contributed by atoms with Crippen LogP contribution in [0.3, 0.4) is 0 Å². The largest absolute Gasteiger partial charge is 0.494 e. The van der Waals surface area contributed by atoms with Gasteiger partial charge in [-0.3, -0.25) is 4.79 Å². The summed E-state index contributed by atoms with van der Waals surface area (Å²) in [4.78, 5) is 13.9. The smallest absolute Gasteiger partial charge is 0.261 e. The molecule has 1 aromatic carbocycles. The highest BCUT2D eigenvalue weighted by Crippen LogP contribution is 2.40. The Bertz CT molecular complexity index is 552. The van der Waals surface area contributed by atoms with Crippen molar-refractivity contribution >= 4 is 27.5 Å². The molecule has 2 rings (SSSR count). The second kappa shape index (κ2) is 7.54. The molecule has 1 aliphatic rings. The van der Waals surface area contributed by atoms with Crippen LogP contribution in [0.5, 0.6) is 11.5 Å². The van der Waals surface area contributed by atoms with E-state index in [-0.39, 0.29) is 12.1 Å². The molecule has 5 nitrogen and oxygen atoms in total. The summed E-state index contributed by atoms with van der Waals surface area (Å²) in [5.41, 5.74) is 0.811. The van der Waals surface area contributed by atoms with E-state index in [1.807, 2.05) is 23.1 Å². The Morgan fingerprint density at radius 2 is 1.91 bits per heavy atom. The van der Waals surface area contributed by atoms with Gasteiger partial charge in [0.05, 0.1) is 18.7 Å². The number of benzene rings is 1. The summed E-state index contributed by atoms with van der Waals surface area (Å²) in [5.74, 6) is 1.30. The van der Waals surface area contributed by atoms with Gasteiger partial charge >= 0.3 is 0 Å². The van der Waals surface area contributed by atoms with E-state index in [1.54, 1.807) is 20.4 Å². The Balaban J connectivity index is 2.48. The fourth-order valence-corrected chi connectivity index (χ4v) is 2.81. The molecule has 1 unspecified atom stereocenters. The lowest BCUT2D eigenvalue weighted by atomic mass is 10.1. The number of unbranched alkanes of at least 4 members (excludes halogenated alkanes) is 1. The lowest BCUT2D eigenvalue weighted by Gasteiger charge is -2.36. The number of amides is 1. The second-order valence-corrected chi connectivity index (χ2v) is 5.88. The highest BCUT2D eigenvalue weighted by molar-refractivity contribution is 9.12. The average molecular weight is 369 g/mol. The van der Waals surface area contributed by atoms with Gasteiger partial charge in [0.25, 0.3) is 5.91 Å². The van der Waals surface area contributed by atoms with Crippen LogP contribution in [0.4, 0.5) is 5.69 Å². The van der Waals surface area contributed by atoms with Crippen molar-refractivity contribution in [2.24, 2.45) is 0 Å². The second-order valence-electron chi connectivity index (χ2n) is 5.03. The Labute approximate surface area is 139 Å². The molecule has 0 aliphatic carbocycles. The zero-order valence-corrected chi connectivity index (χ0v) is 14.6. The minimum absolute atomic E-state index is 0.105. The fourth-order valence-electron chi connectivity index (χ4n) is 2.48. The van der Waals surface area contributed by atoms with Crippen molar-refractivity contribution < 1.29 is 14.3 Å². The number of anilines is 1. The lowest BCUT2D eigenvalue weighted by molar-refractivity contribution is -0.117. The summed E-state index contributed by atoms with van der Waals surface area (Å²) >= 11 is 3.31. The van der Waals surface area contributed by atoms with Crippen LogP contribution in [0.2, 0.25) is 0 Å². The number of methoxy groups -OCH3 is 2. The number of para-hydroxylation sites is 1. The summed E-state index contributed by atoms with van der Waals surface area (Å²) in [6.07, 6.45) is 4.59. The first-order valence-corrected chi connectivity index (χ1v) is 8.09. The molecule has 22 heavy (non-hydrogen) atoms. The van der Waals surface area contributed by atoms with E-state index in [0.717, 1.165) is 24.9 Å². The van der Waals surface area contributed by atoms with E-state index in [2.05, 4.69) is 28.2 Å². The summed E-state index contributed by atoms with van der Waals surface area (Å²) in [6, 6.07) is 5.64. The number of halogens is 1. The predicted octanol–water partition coefficient (Wildman–Crippen LogP) is 3.39. The van der Waals surface area contributed by atoms with Gasteiger partial charge in [0.1, 0.15) is 23.4 Å². The Morgan fingerprint density at radius 1 is 1.27 bits per heavy atom. The quantitative estimate of drug-likeness (QED) is 0.835. The monoisotopic (exact) mass is 368 g/mol. The van der Waals surface area contributed by atoms with Gasteiger partial charge in [0.2, 0.25) is 0 Å². The van der Waals surface area contributed by atoms with Crippen LogP contribution >= 0.6 is 15.9 Å². The molecule has 1 atom stereocenters. The molecule has 120 valence electrons. The number of rotatable bonds is 6. The number of nitrogens with one attached hydrogen (secondary N) is 1. The maximum absolute atomic E-state index is 11.9. The molecule has 0 fully saturated rings. The van der Waals surface area contributed by atoms with E-state index >= 15 is 0 Å². The standard InChI is InChI=1S/C16H21BrN2O3/c1-4-5-9-14-18-16(20)11(17)10-19(14)15-12(21-2)7-6-8-13(15)22-3/h6-8,10,14H,4-5,9H2,1-3H3,(H,18,20). The summed E-state index contributed by atoms with van der Waals surface area (Å²) < 4.78 is 11.4. The highest BCUT2D eigenvalue weighted by Gasteiger charge is 2.29. The first-order valence-electron chi connectivity index (χ1n) is 7.29.